The summed E-state index contributed by atoms with van der Waals surface area (Å²) in [5, 5.41) is 6.15. The molecule has 3 fully saturated rings. The van der Waals surface area contributed by atoms with Gasteiger partial charge in [-0.25, -0.2) is 22.5 Å². The first kappa shape index (κ1) is 32.8. The number of rotatable bonds is 6. The Hall–Kier alpha value is -3.70. The van der Waals surface area contributed by atoms with Crippen molar-refractivity contribution in [2.45, 2.75) is 76.5 Å². The van der Waals surface area contributed by atoms with Crippen molar-refractivity contribution in [1.82, 2.24) is 25.2 Å². The topological polar surface area (TPSA) is 120 Å². The zero-order valence-electron chi connectivity index (χ0n) is 26.3. The molecular formula is C31H34F7N7O3. The van der Waals surface area contributed by atoms with Crippen LogP contribution in [0.2, 0.25) is 0 Å². The van der Waals surface area contributed by atoms with E-state index in [1.54, 1.807) is 13.8 Å². The van der Waals surface area contributed by atoms with Crippen LogP contribution in [0, 0.1) is 24.0 Å². The lowest BCUT2D eigenvalue weighted by atomic mass is 9.96. The minimum Gasteiger partial charge on any atom is -0.474 e. The highest BCUT2D eigenvalue weighted by molar-refractivity contribution is 5.97. The summed E-state index contributed by atoms with van der Waals surface area (Å²) >= 11 is 0. The molecule has 0 radical (unpaired) electrons. The molecule has 260 valence electrons. The van der Waals surface area contributed by atoms with Gasteiger partial charge in [-0.2, -0.15) is 23.1 Å². The van der Waals surface area contributed by atoms with Gasteiger partial charge in [0, 0.05) is 37.7 Å². The fourth-order valence-electron chi connectivity index (χ4n) is 6.95. The van der Waals surface area contributed by atoms with Gasteiger partial charge in [-0.3, -0.25) is 10.2 Å². The van der Waals surface area contributed by atoms with E-state index < -0.39 is 94.0 Å². The van der Waals surface area contributed by atoms with Crippen molar-refractivity contribution in [1.29, 1.82) is 0 Å². The lowest BCUT2D eigenvalue weighted by Gasteiger charge is -2.30. The third kappa shape index (κ3) is 5.62. The zero-order valence-corrected chi connectivity index (χ0v) is 26.3. The van der Waals surface area contributed by atoms with Crippen molar-refractivity contribution in [3.05, 3.63) is 28.8 Å². The molecule has 5 atom stereocenters. The maximum absolute atomic E-state index is 16.6. The van der Waals surface area contributed by atoms with Gasteiger partial charge < -0.3 is 25.3 Å². The van der Waals surface area contributed by atoms with Crippen molar-refractivity contribution in [2.24, 2.45) is 5.41 Å². The number of halogens is 7. The standard InChI is InChI=1S/C31H34F7N7O3/c1-13-4-5-40-15(3)41-26-20-25(23(33)24(42-27(20)48-13)18-7-19(39)22(32)14(2)21(18)31(36,37)38)43-28(44-26)47-12-29(10-30(29,34)35)11-45-8-17-6-16(45)9-46-17/h7,13,15-17,40H,4-6,8-12,39H2,1-3H3,(H,41,43,44)/t13-,15-,16+,17+,29+/m0/s1. The smallest absolute Gasteiger partial charge is 0.417 e. The van der Waals surface area contributed by atoms with Crippen LogP contribution in [0.5, 0.6) is 11.9 Å². The molecule has 17 heteroatoms. The van der Waals surface area contributed by atoms with Gasteiger partial charge in [-0.15, -0.1) is 0 Å². The largest absolute Gasteiger partial charge is 0.474 e. The molecule has 2 bridgehead atoms. The van der Waals surface area contributed by atoms with E-state index in [1.165, 1.54) is 0 Å². The van der Waals surface area contributed by atoms with Gasteiger partial charge in [0.1, 0.15) is 34.8 Å². The van der Waals surface area contributed by atoms with Gasteiger partial charge in [-0.1, -0.05) is 0 Å². The molecule has 48 heavy (non-hydrogen) atoms. The highest BCUT2D eigenvalue weighted by Gasteiger charge is 2.72. The van der Waals surface area contributed by atoms with Crippen LogP contribution in [0.3, 0.4) is 0 Å². The molecule has 0 spiro atoms. The van der Waals surface area contributed by atoms with Crippen LogP contribution >= 0.6 is 0 Å². The highest BCUT2D eigenvalue weighted by Crippen LogP contribution is 2.61. The number of fused-ring (bicyclic) bond motifs is 2. The van der Waals surface area contributed by atoms with Crippen LogP contribution < -0.4 is 25.8 Å². The molecule has 7 rings (SSSR count). The molecule has 4 N–H and O–H groups in total. The Morgan fingerprint density at radius 3 is 2.54 bits per heavy atom. The second-order valence-electron chi connectivity index (χ2n) is 13.2. The normalized spacial score (nSPS) is 28.3. The number of hydrogen-bond donors (Lipinski definition) is 3. The van der Waals surface area contributed by atoms with E-state index >= 15 is 4.39 Å². The minimum atomic E-state index is -5.12. The van der Waals surface area contributed by atoms with Crippen LogP contribution in [0.15, 0.2) is 6.07 Å². The average molecular weight is 686 g/mol. The maximum Gasteiger partial charge on any atom is 0.417 e. The Kier molecular flexibility index (Phi) is 7.82. The summed E-state index contributed by atoms with van der Waals surface area (Å²) in [6.45, 7) is 5.34. The van der Waals surface area contributed by atoms with E-state index in [0.29, 0.717) is 32.2 Å². The van der Waals surface area contributed by atoms with Crippen molar-refractivity contribution >= 4 is 22.4 Å². The fraction of sp³-hybridized carbons (Fsp3) is 0.581. The molecule has 5 heterocycles. The molecule has 1 saturated carbocycles. The highest BCUT2D eigenvalue weighted by atomic mass is 19.4. The summed E-state index contributed by atoms with van der Waals surface area (Å²) in [4.78, 5) is 14.7. The molecule has 1 aromatic carbocycles. The Bertz CT molecular complexity index is 1780. The van der Waals surface area contributed by atoms with E-state index in [9.17, 15) is 26.3 Å². The van der Waals surface area contributed by atoms with Gasteiger partial charge in [0.2, 0.25) is 5.88 Å². The van der Waals surface area contributed by atoms with Crippen molar-refractivity contribution in [3.8, 4) is 23.1 Å². The number of nitrogen functional groups attached to an aromatic ring is 1. The van der Waals surface area contributed by atoms with E-state index in [2.05, 4.69) is 25.6 Å². The van der Waals surface area contributed by atoms with Gasteiger partial charge in [0.05, 0.1) is 41.6 Å². The predicted molar refractivity (Wildman–Crippen MR) is 160 cm³/mol. The quantitative estimate of drug-likeness (QED) is 0.234. The van der Waals surface area contributed by atoms with Crippen LogP contribution in [0.1, 0.15) is 44.2 Å². The first-order valence-corrected chi connectivity index (χ1v) is 15.7. The third-order valence-electron chi connectivity index (χ3n) is 9.67. The number of nitrogens with one attached hydrogen (secondary N) is 2. The van der Waals surface area contributed by atoms with E-state index in [-0.39, 0.29) is 35.8 Å². The summed E-state index contributed by atoms with van der Waals surface area (Å²) in [5.41, 5.74) is -1.00. The molecule has 3 aromatic rings. The third-order valence-corrected chi connectivity index (χ3v) is 9.67. The number of hydrogen-bond acceptors (Lipinski definition) is 10. The predicted octanol–water partition coefficient (Wildman–Crippen LogP) is 5.28. The molecule has 2 aromatic heterocycles. The molecule has 2 saturated heterocycles. The lowest BCUT2D eigenvalue weighted by molar-refractivity contribution is -0.137. The Morgan fingerprint density at radius 2 is 1.90 bits per heavy atom. The Labute approximate surface area is 270 Å². The fourth-order valence-corrected chi connectivity index (χ4v) is 6.95. The maximum atomic E-state index is 16.6. The number of aromatic nitrogens is 3. The van der Waals surface area contributed by atoms with Crippen LogP contribution in [0.4, 0.5) is 42.2 Å². The minimum absolute atomic E-state index is 0.00301. The van der Waals surface area contributed by atoms with Crippen molar-refractivity contribution in [3.63, 3.8) is 0 Å². The summed E-state index contributed by atoms with van der Waals surface area (Å²) in [6.07, 6.45) is -5.35. The molecule has 0 unspecified atom stereocenters. The SMILES string of the molecule is Cc1c(F)c(N)cc(-c2nc3c4c(nc(OC[C@]5(CN6C[C@H]7C[C@@H]6CO7)CC5(F)F)nc4c2F)N[C@@H](C)NCC[C@H](C)O3)c1C(F)(F)F. The second kappa shape index (κ2) is 11.4. The zero-order chi connectivity index (χ0) is 34.3. The van der Waals surface area contributed by atoms with Crippen LogP contribution in [-0.2, 0) is 10.9 Å². The summed E-state index contributed by atoms with van der Waals surface area (Å²) in [6, 6.07) is 0.218. The summed E-state index contributed by atoms with van der Waals surface area (Å²) in [5.74, 6) is -5.99. The molecule has 4 aliphatic rings. The number of pyridine rings is 1. The van der Waals surface area contributed by atoms with Gasteiger partial charge in [0.15, 0.2) is 5.82 Å². The van der Waals surface area contributed by atoms with Crippen LogP contribution in [0.25, 0.3) is 22.2 Å². The number of alkyl halides is 5. The van der Waals surface area contributed by atoms with Crippen molar-refractivity contribution in [2.75, 3.05) is 43.9 Å². The van der Waals surface area contributed by atoms with E-state index in [1.807, 2.05) is 4.90 Å². The monoisotopic (exact) mass is 685 g/mol. The average Bonchev–Trinajstić information content (AvgIpc) is 3.32. The molecule has 1 aliphatic carbocycles. The first-order valence-electron chi connectivity index (χ1n) is 15.7. The molecule has 3 aliphatic heterocycles. The van der Waals surface area contributed by atoms with Crippen molar-refractivity contribution < 1.29 is 44.9 Å². The first-order chi connectivity index (χ1) is 22.6. The van der Waals surface area contributed by atoms with E-state index in [0.717, 1.165) is 13.3 Å². The lowest BCUT2D eigenvalue weighted by Crippen LogP contribution is -2.43. The number of anilines is 2. The van der Waals surface area contributed by atoms with Gasteiger partial charge >= 0.3 is 12.2 Å². The summed E-state index contributed by atoms with van der Waals surface area (Å²) in [7, 11) is 0. The number of morpholine rings is 1. The number of likely N-dealkylation sites (tertiary alicyclic amines) is 1. The number of nitrogens with zero attached hydrogens (tertiary/aromatic N) is 4. The summed E-state index contributed by atoms with van der Waals surface area (Å²) < 4.78 is 122. The number of ether oxygens (including phenoxy) is 3. The number of nitrogens with two attached hydrogens (primary N) is 1. The Morgan fingerprint density at radius 1 is 1.15 bits per heavy atom. The van der Waals surface area contributed by atoms with Gasteiger partial charge in [0.25, 0.3) is 5.92 Å². The molecular weight excluding hydrogens is 651 g/mol. The number of benzene rings is 1. The van der Waals surface area contributed by atoms with E-state index in [4.69, 9.17) is 19.9 Å². The van der Waals surface area contributed by atoms with Crippen LogP contribution in [-0.4, -0.2) is 83.0 Å². The van der Waals surface area contributed by atoms with Gasteiger partial charge in [-0.05, 0) is 45.2 Å². The molecule has 0 amide bonds. The second-order valence-corrected chi connectivity index (χ2v) is 13.2. The Balaban J connectivity index is 1.35. The molecule has 10 nitrogen and oxygen atoms in total.